The van der Waals surface area contributed by atoms with Crippen LogP contribution in [0.4, 0.5) is 9.52 Å². The van der Waals surface area contributed by atoms with Crippen LogP contribution in [0, 0.1) is 5.82 Å². The van der Waals surface area contributed by atoms with Gasteiger partial charge in [-0.25, -0.2) is 9.37 Å². The topological polar surface area (TPSA) is 85.1 Å². The second-order valence-electron chi connectivity index (χ2n) is 3.98. The van der Waals surface area contributed by atoms with Gasteiger partial charge in [-0.2, -0.15) is 0 Å². The maximum absolute atomic E-state index is 13.4. The minimum atomic E-state index is -0.637. The van der Waals surface area contributed by atoms with E-state index in [9.17, 15) is 14.0 Å². The highest BCUT2D eigenvalue weighted by Gasteiger charge is 2.10. The number of thioether (sulfide) groups is 1. The largest absolute Gasteiger partial charge is 0.364 e. The quantitative estimate of drug-likeness (QED) is 0.799. The summed E-state index contributed by atoms with van der Waals surface area (Å²) < 4.78 is 13.4. The highest BCUT2D eigenvalue weighted by molar-refractivity contribution is 7.99. The first-order valence-corrected chi connectivity index (χ1v) is 7.85. The molecule has 0 spiro atoms. The van der Waals surface area contributed by atoms with E-state index in [0.29, 0.717) is 15.8 Å². The number of carbonyl (C=O) groups excluding carboxylic acids is 2. The molecule has 0 aliphatic carbocycles. The van der Waals surface area contributed by atoms with E-state index in [-0.39, 0.29) is 23.8 Å². The third-order valence-corrected chi connectivity index (χ3v) is 4.23. The molecule has 0 aliphatic heterocycles. The second-order valence-corrected chi connectivity index (χ2v) is 5.97. The summed E-state index contributed by atoms with van der Waals surface area (Å²) in [6.07, 6.45) is 0.213. The number of benzene rings is 1. The normalized spacial score (nSPS) is 10.3. The van der Waals surface area contributed by atoms with Gasteiger partial charge < -0.3 is 11.1 Å². The van der Waals surface area contributed by atoms with E-state index in [4.69, 9.17) is 5.73 Å². The molecule has 8 heteroatoms. The minimum Gasteiger partial charge on any atom is -0.364 e. The monoisotopic (exact) mass is 325 g/mol. The molecule has 0 fully saturated rings. The number of nitrogens with zero attached hydrogens (tertiary/aromatic N) is 1. The lowest BCUT2D eigenvalue weighted by Crippen LogP contribution is -2.14. The number of carbonyl (C=O) groups is 2. The number of primary amides is 1. The van der Waals surface area contributed by atoms with Crippen LogP contribution in [-0.2, 0) is 4.79 Å². The van der Waals surface area contributed by atoms with Crippen LogP contribution in [0.25, 0.3) is 0 Å². The highest BCUT2D eigenvalue weighted by atomic mass is 32.2. The molecule has 2 aromatic rings. The van der Waals surface area contributed by atoms with Crippen molar-refractivity contribution in [2.45, 2.75) is 11.3 Å². The van der Waals surface area contributed by atoms with Crippen molar-refractivity contribution in [3.63, 3.8) is 0 Å². The van der Waals surface area contributed by atoms with Crippen LogP contribution in [0.3, 0.4) is 0 Å². The summed E-state index contributed by atoms with van der Waals surface area (Å²) in [5.41, 5.74) is 5.19. The number of hydrogen-bond acceptors (Lipinski definition) is 5. The van der Waals surface area contributed by atoms with E-state index < -0.39 is 5.91 Å². The lowest BCUT2D eigenvalue weighted by molar-refractivity contribution is -0.115. The van der Waals surface area contributed by atoms with Crippen molar-refractivity contribution < 1.29 is 14.0 Å². The van der Waals surface area contributed by atoms with Gasteiger partial charge in [0.05, 0.1) is 0 Å². The first-order valence-electron chi connectivity index (χ1n) is 5.99. The Morgan fingerprint density at radius 3 is 2.81 bits per heavy atom. The van der Waals surface area contributed by atoms with E-state index in [2.05, 4.69) is 10.3 Å². The Kier molecular flexibility index (Phi) is 5.29. The van der Waals surface area contributed by atoms with Crippen molar-refractivity contribution in [3.05, 3.63) is 41.2 Å². The Morgan fingerprint density at radius 1 is 1.38 bits per heavy atom. The van der Waals surface area contributed by atoms with Crippen molar-refractivity contribution in [1.82, 2.24) is 4.98 Å². The molecule has 0 radical (unpaired) electrons. The molecular weight excluding hydrogens is 313 g/mol. The Bertz CT molecular complexity index is 660. The lowest BCUT2D eigenvalue weighted by Gasteiger charge is -2.03. The van der Waals surface area contributed by atoms with Gasteiger partial charge in [-0.3, -0.25) is 9.59 Å². The van der Waals surface area contributed by atoms with Gasteiger partial charge in [-0.05, 0) is 12.1 Å². The Labute approximate surface area is 128 Å². The van der Waals surface area contributed by atoms with Crippen molar-refractivity contribution >= 4 is 40.0 Å². The van der Waals surface area contributed by atoms with Crippen molar-refractivity contribution in [3.8, 4) is 0 Å². The van der Waals surface area contributed by atoms with Gasteiger partial charge in [0.25, 0.3) is 5.91 Å². The van der Waals surface area contributed by atoms with E-state index in [1.54, 1.807) is 18.2 Å². The van der Waals surface area contributed by atoms with Crippen molar-refractivity contribution in [2.24, 2.45) is 5.73 Å². The number of aromatic nitrogens is 1. The number of hydrogen-bond donors (Lipinski definition) is 2. The summed E-state index contributed by atoms with van der Waals surface area (Å²) in [6.45, 7) is 0. The molecule has 5 nitrogen and oxygen atoms in total. The van der Waals surface area contributed by atoms with Crippen LogP contribution in [-0.4, -0.2) is 22.6 Å². The summed E-state index contributed by atoms with van der Waals surface area (Å²) in [5.74, 6) is -0.735. The van der Waals surface area contributed by atoms with Crippen LogP contribution < -0.4 is 11.1 Å². The SMILES string of the molecule is NC(=O)c1csc(NC(=O)CCSc2ccccc2F)n1. The fourth-order valence-electron chi connectivity index (χ4n) is 1.44. The average Bonchev–Trinajstić information content (AvgIpc) is 2.89. The summed E-state index contributed by atoms with van der Waals surface area (Å²) in [5, 5.41) is 4.37. The maximum atomic E-state index is 13.4. The smallest absolute Gasteiger partial charge is 0.268 e. The Morgan fingerprint density at radius 2 is 2.14 bits per heavy atom. The van der Waals surface area contributed by atoms with Crippen molar-refractivity contribution in [2.75, 3.05) is 11.1 Å². The molecular formula is C13H12FN3O2S2. The number of halogens is 1. The highest BCUT2D eigenvalue weighted by Crippen LogP contribution is 2.22. The minimum absolute atomic E-state index is 0.121. The van der Waals surface area contributed by atoms with Crippen LogP contribution in [0.1, 0.15) is 16.9 Å². The molecule has 0 atom stereocenters. The molecule has 3 N–H and O–H groups in total. The molecule has 0 unspecified atom stereocenters. The first kappa shape index (κ1) is 15.5. The van der Waals surface area contributed by atoms with Gasteiger partial charge in [0.1, 0.15) is 11.5 Å². The fourth-order valence-corrected chi connectivity index (χ4v) is 3.05. The molecule has 1 heterocycles. The maximum Gasteiger partial charge on any atom is 0.268 e. The molecule has 0 aliphatic rings. The molecule has 0 saturated carbocycles. The molecule has 110 valence electrons. The molecule has 2 rings (SSSR count). The standard InChI is InChI=1S/C13H12FN3O2S2/c14-8-3-1-2-4-10(8)20-6-5-11(18)17-13-16-9(7-21-13)12(15)19/h1-4,7H,5-6H2,(H2,15,19)(H,16,17,18). The molecule has 0 bridgehead atoms. The van der Waals surface area contributed by atoms with Crippen molar-refractivity contribution in [1.29, 1.82) is 0 Å². The van der Waals surface area contributed by atoms with Crippen LogP contribution in [0.5, 0.6) is 0 Å². The number of rotatable bonds is 6. The number of anilines is 1. The number of thiazole rings is 1. The molecule has 0 saturated heterocycles. The summed E-state index contributed by atoms with van der Waals surface area (Å²) in [4.78, 5) is 27.0. The number of amides is 2. The Hall–Kier alpha value is -1.93. The van der Waals surface area contributed by atoms with Crippen LogP contribution in [0.2, 0.25) is 0 Å². The summed E-state index contributed by atoms with van der Waals surface area (Å²) in [7, 11) is 0. The predicted molar refractivity (Wildman–Crippen MR) is 81.0 cm³/mol. The zero-order chi connectivity index (χ0) is 15.2. The first-order chi connectivity index (χ1) is 10.1. The summed E-state index contributed by atoms with van der Waals surface area (Å²) >= 11 is 2.40. The van der Waals surface area contributed by atoms with Gasteiger partial charge in [-0.15, -0.1) is 23.1 Å². The van der Waals surface area contributed by atoms with Crippen LogP contribution in [0.15, 0.2) is 34.5 Å². The molecule has 21 heavy (non-hydrogen) atoms. The number of nitrogens with two attached hydrogens (primary N) is 1. The molecule has 2 amide bonds. The Balaban J connectivity index is 1.79. The van der Waals surface area contributed by atoms with Gasteiger partial charge >= 0.3 is 0 Å². The van der Waals surface area contributed by atoms with E-state index in [1.165, 1.54) is 23.2 Å². The third-order valence-electron chi connectivity index (χ3n) is 2.43. The van der Waals surface area contributed by atoms with Gasteiger partial charge in [0.2, 0.25) is 5.91 Å². The van der Waals surface area contributed by atoms with Gasteiger partial charge in [0, 0.05) is 22.4 Å². The van der Waals surface area contributed by atoms with Gasteiger partial charge in [-0.1, -0.05) is 12.1 Å². The van der Waals surface area contributed by atoms with Gasteiger partial charge in [0.15, 0.2) is 5.13 Å². The zero-order valence-electron chi connectivity index (χ0n) is 10.8. The van der Waals surface area contributed by atoms with E-state index in [1.807, 2.05) is 0 Å². The second kappa shape index (κ2) is 7.19. The van der Waals surface area contributed by atoms with E-state index in [0.717, 1.165) is 11.3 Å². The molecule has 1 aromatic heterocycles. The zero-order valence-corrected chi connectivity index (χ0v) is 12.5. The molecule has 1 aromatic carbocycles. The van der Waals surface area contributed by atoms with E-state index >= 15 is 0 Å². The summed E-state index contributed by atoms with van der Waals surface area (Å²) in [6, 6.07) is 6.40. The third kappa shape index (κ3) is 4.54. The lowest BCUT2D eigenvalue weighted by atomic mass is 10.3. The number of nitrogens with one attached hydrogen (secondary N) is 1. The average molecular weight is 325 g/mol. The fraction of sp³-hybridized carbons (Fsp3) is 0.154. The van der Waals surface area contributed by atoms with Crippen LogP contribution >= 0.6 is 23.1 Å². The predicted octanol–water partition coefficient (Wildman–Crippen LogP) is 2.50.